The van der Waals surface area contributed by atoms with Crippen molar-refractivity contribution in [3.63, 3.8) is 0 Å². The largest absolute Gasteiger partial charge is 0.383 e. The molecule has 0 radical (unpaired) electrons. The summed E-state index contributed by atoms with van der Waals surface area (Å²) in [6.07, 6.45) is 5.25. The lowest BCUT2D eigenvalue weighted by atomic mass is 9.98. The first-order chi connectivity index (χ1) is 5.68. The third-order valence-corrected chi connectivity index (χ3v) is 2.58. The number of methoxy groups -OCH3 is 1. The molecule has 0 aromatic rings. The van der Waals surface area contributed by atoms with Crippen LogP contribution in [-0.2, 0) is 4.74 Å². The number of rotatable bonds is 4. The molecule has 1 N–H and O–H groups in total. The van der Waals surface area contributed by atoms with Crippen molar-refractivity contribution in [2.45, 2.75) is 51.1 Å². The summed E-state index contributed by atoms with van der Waals surface area (Å²) in [5.41, 5.74) is 0.295. The first-order valence-corrected chi connectivity index (χ1v) is 4.95. The summed E-state index contributed by atoms with van der Waals surface area (Å²) < 4.78 is 5.27. The fourth-order valence-electron chi connectivity index (χ4n) is 2.27. The highest BCUT2D eigenvalue weighted by Gasteiger charge is 2.33. The van der Waals surface area contributed by atoms with Gasteiger partial charge in [0.15, 0.2) is 0 Å². The van der Waals surface area contributed by atoms with E-state index in [1.54, 1.807) is 7.11 Å². The van der Waals surface area contributed by atoms with Crippen LogP contribution in [0.3, 0.4) is 0 Å². The van der Waals surface area contributed by atoms with Crippen molar-refractivity contribution >= 4 is 0 Å². The Balaban J connectivity index is 2.46. The Bertz CT molecular complexity index is 128. The van der Waals surface area contributed by atoms with Gasteiger partial charge in [0.25, 0.3) is 0 Å². The summed E-state index contributed by atoms with van der Waals surface area (Å²) in [6, 6.07) is 0.568. The van der Waals surface area contributed by atoms with Gasteiger partial charge >= 0.3 is 0 Å². The Labute approximate surface area is 75.7 Å². The van der Waals surface area contributed by atoms with Crippen LogP contribution in [0, 0.1) is 0 Å². The molecule has 0 aromatic carbocycles. The molecule has 0 atom stereocenters. The highest BCUT2D eigenvalue weighted by atomic mass is 16.5. The fourth-order valence-corrected chi connectivity index (χ4v) is 2.27. The van der Waals surface area contributed by atoms with E-state index in [9.17, 15) is 0 Å². The van der Waals surface area contributed by atoms with Crippen molar-refractivity contribution in [2.75, 3.05) is 13.7 Å². The zero-order chi connectivity index (χ0) is 9.03. The lowest BCUT2D eigenvalue weighted by molar-refractivity contribution is 0.106. The first-order valence-electron chi connectivity index (χ1n) is 4.95. The normalized spacial score (nSPS) is 22.0. The summed E-state index contributed by atoms with van der Waals surface area (Å²) in [4.78, 5) is 0. The molecule has 0 aliphatic heterocycles. The van der Waals surface area contributed by atoms with E-state index in [0.29, 0.717) is 11.6 Å². The summed E-state index contributed by atoms with van der Waals surface area (Å²) in [6.45, 7) is 5.27. The molecule has 1 fully saturated rings. The Morgan fingerprint density at radius 2 is 1.92 bits per heavy atom. The quantitative estimate of drug-likeness (QED) is 0.698. The Morgan fingerprint density at radius 1 is 1.33 bits per heavy atom. The molecule has 0 spiro atoms. The maximum atomic E-state index is 5.27. The van der Waals surface area contributed by atoms with Crippen LogP contribution in [0.1, 0.15) is 39.5 Å². The van der Waals surface area contributed by atoms with Crippen LogP contribution >= 0.6 is 0 Å². The molecule has 0 heterocycles. The Kier molecular flexibility index (Phi) is 3.53. The molecular formula is C10H21NO. The lowest BCUT2D eigenvalue weighted by Crippen LogP contribution is -2.49. The zero-order valence-corrected chi connectivity index (χ0v) is 8.52. The summed E-state index contributed by atoms with van der Waals surface area (Å²) in [5, 5.41) is 3.63. The minimum atomic E-state index is 0.295. The van der Waals surface area contributed by atoms with E-state index >= 15 is 0 Å². The van der Waals surface area contributed by atoms with Crippen LogP contribution < -0.4 is 5.32 Å². The maximum absolute atomic E-state index is 5.27. The van der Waals surface area contributed by atoms with E-state index in [4.69, 9.17) is 4.74 Å². The molecule has 1 saturated carbocycles. The monoisotopic (exact) mass is 171 g/mol. The highest BCUT2D eigenvalue weighted by molar-refractivity contribution is 4.93. The molecule has 72 valence electrons. The molecule has 2 nitrogen and oxygen atoms in total. The molecule has 0 bridgehead atoms. The van der Waals surface area contributed by atoms with Crippen LogP contribution in [0.2, 0.25) is 0 Å². The van der Waals surface area contributed by atoms with E-state index in [-0.39, 0.29) is 0 Å². The average Bonchev–Trinajstić information content (AvgIpc) is 2.36. The van der Waals surface area contributed by atoms with Gasteiger partial charge in [0.1, 0.15) is 0 Å². The highest BCUT2D eigenvalue weighted by Crippen LogP contribution is 2.30. The minimum Gasteiger partial charge on any atom is -0.383 e. The van der Waals surface area contributed by atoms with E-state index in [0.717, 1.165) is 6.61 Å². The average molecular weight is 171 g/mol. The third kappa shape index (κ3) is 2.46. The number of hydrogen-bond donors (Lipinski definition) is 1. The smallest absolute Gasteiger partial charge is 0.0644 e. The molecular weight excluding hydrogens is 150 g/mol. The van der Waals surface area contributed by atoms with E-state index in [2.05, 4.69) is 19.2 Å². The second-order valence-corrected chi connectivity index (χ2v) is 4.22. The minimum absolute atomic E-state index is 0.295. The van der Waals surface area contributed by atoms with Gasteiger partial charge in [-0.05, 0) is 12.8 Å². The second kappa shape index (κ2) is 4.24. The van der Waals surface area contributed by atoms with Gasteiger partial charge in [0.2, 0.25) is 0 Å². The fraction of sp³-hybridized carbons (Fsp3) is 1.00. The molecule has 2 heteroatoms. The van der Waals surface area contributed by atoms with E-state index in [1.165, 1.54) is 25.7 Å². The van der Waals surface area contributed by atoms with Gasteiger partial charge in [-0.25, -0.2) is 0 Å². The van der Waals surface area contributed by atoms with Gasteiger partial charge in [-0.1, -0.05) is 26.7 Å². The van der Waals surface area contributed by atoms with E-state index < -0.39 is 0 Å². The van der Waals surface area contributed by atoms with Crippen LogP contribution in [0.15, 0.2) is 0 Å². The summed E-state index contributed by atoms with van der Waals surface area (Å²) in [5.74, 6) is 0. The number of nitrogens with one attached hydrogen (secondary N) is 1. The van der Waals surface area contributed by atoms with Gasteiger partial charge in [-0.15, -0.1) is 0 Å². The lowest BCUT2D eigenvalue weighted by Gasteiger charge is -2.31. The predicted octanol–water partition coefficient (Wildman–Crippen LogP) is 1.94. The van der Waals surface area contributed by atoms with Crippen LogP contribution in [0.5, 0.6) is 0 Å². The van der Waals surface area contributed by atoms with E-state index in [1.807, 2.05) is 0 Å². The topological polar surface area (TPSA) is 21.3 Å². The van der Waals surface area contributed by atoms with Crippen LogP contribution in [-0.4, -0.2) is 25.3 Å². The molecule has 1 rings (SSSR count). The van der Waals surface area contributed by atoms with Gasteiger partial charge in [0, 0.05) is 18.7 Å². The Morgan fingerprint density at radius 3 is 2.33 bits per heavy atom. The number of ether oxygens (including phenoxy) is 1. The van der Waals surface area contributed by atoms with Gasteiger partial charge in [-0.2, -0.15) is 0 Å². The molecule has 0 saturated heterocycles. The maximum Gasteiger partial charge on any atom is 0.0644 e. The zero-order valence-electron chi connectivity index (χ0n) is 8.52. The molecule has 12 heavy (non-hydrogen) atoms. The number of hydrogen-bond acceptors (Lipinski definition) is 2. The molecule has 0 amide bonds. The standard InChI is InChI=1S/C10H21NO/c1-9(2)11-10(8-12-3)6-4-5-7-10/h9,11H,4-8H2,1-3H3. The van der Waals surface area contributed by atoms with Gasteiger partial charge in [-0.3, -0.25) is 0 Å². The second-order valence-electron chi connectivity index (χ2n) is 4.22. The molecule has 0 unspecified atom stereocenters. The van der Waals surface area contributed by atoms with Crippen molar-refractivity contribution in [1.82, 2.24) is 5.32 Å². The first kappa shape index (κ1) is 10.0. The Hall–Kier alpha value is -0.0800. The van der Waals surface area contributed by atoms with Gasteiger partial charge in [0.05, 0.1) is 6.61 Å². The van der Waals surface area contributed by atoms with Gasteiger partial charge < -0.3 is 10.1 Å². The molecule has 0 aromatic heterocycles. The summed E-state index contributed by atoms with van der Waals surface area (Å²) in [7, 11) is 1.79. The SMILES string of the molecule is COCC1(NC(C)C)CCCC1. The third-order valence-electron chi connectivity index (χ3n) is 2.58. The van der Waals surface area contributed by atoms with Crippen molar-refractivity contribution in [3.8, 4) is 0 Å². The van der Waals surface area contributed by atoms with Crippen molar-refractivity contribution in [1.29, 1.82) is 0 Å². The molecule has 1 aliphatic rings. The molecule has 1 aliphatic carbocycles. The van der Waals surface area contributed by atoms with Crippen LogP contribution in [0.25, 0.3) is 0 Å². The predicted molar refractivity (Wildman–Crippen MR) is 51.3 cm³/mol. The van der Waals surface area contributed by atoms with Crippen molar-refractivity contribution < 1.29 is 4.74 Å². The summed E-state index contributed by atoms with van der Waals surface area (Å²) >= 11 is 0. The van der Waals surface area contributed by atoms with Crippen molar-refractivity contribution in [2.24, 2.45) is 0 Å². The van der Waals surface area contributed by atoms with Crippen LogP contribution in [0.4, 0.5) is 0 Å². The van der Waals surface area contributed by atoms with Crippen molar-refractivity contribution in [3.05, 3.63) is 0 Å².